The van der Waals surface area contributed by atoms with Crippen LogP contribution in [0.25, 0.3) is 0 Å². The van der Waals surface area contributed by atoms with Crippen molar-refractivity contribution in [2.24, 2.45) is 0 Å². The van der Waals surface area contributed by atoms with Gasteiger partial charge in [-0.3, -0.25) is 9.69 Å². The molecule has 1 N–H and O–H groups in total. The number of hydrogen-bond acceptors (Lipinski definition) is 4. The number of nitrogens with one attached hydrogen (secondary N) is 1. The minimum absolute atomic E-state index is 0.0120. The van der Waals surface area contributed by atoms with Crippen molar-refractivity contribution in [2.45, 2.75) is 25.8 Å². The molecule has 0 aliphatic carbocycles. The number of ether oxygens (including phenoxy) is 2. The second-order valence-electron chi connectivity index (χ2n) is 6.76. The van der Waals surface area contributed by atoms with Crippen molar-refractivity contribution in [3.05, 3.63) is 59.4 Å². The van der Waals surface area contributed by atoms with Crippen LogP contribution in [-0.4, -0.2) is 51.2 Å². The zero-order valence-corrected chi connectivity index (χ0v) is 17.0. The third-order valence-corrected chi connectivity index (χ3v) is 4.87. The summed E-state index contributed by atoms with van der Waals surface area (Å²) < 4.78 is 23.5. The first-order valence-corrected chi connectivity index (χ1v) is 9.38. The Morgan fingerprint density at radius 2 is 1.68 bits per heavy atom. The van der Waals surface area contributed by atoms with Gasteiger partial charge in [0.15, 0.2) is 11.5 Å². The predicted octanol–water partition coefficient (Wildman–Crippen LogP) is 3.06. The van der Waals surface area contributed by atoms with Gasteiger partial charge < -0.3 is 14.8 Å². The number of likely N-dealkylation sites (N-methyl/N-ethyl adjacent to an activating group) is 1. The summed E-state index contributed by atoms with van der Waals surface area (Å²) in [6, 6.07) is 12.0. The fraction of sp³-hybridized carbons (Fsp3) is 0.409. The zero-order valence-electron chi connectivity index (χ0n) is 17.0. The summed E-state index contributed by atoms with van der Waals surface area (Å²) in [6.45, 7) is 3.15. The topological polar surface area (TPSA) is 50.8 Å². The van der Waals surface area contributed by atoms with Crippen LogP contribution in [0.2, 0.25) is 0 Å². The molecule has 0 aliphatic rings. The van der Waals surface area contributed by atoms with E-state index in [1.807, 2.05) is 37.1 Å². The summed E-state index contributed by atoms with van der Waals surface area (Å²) in [5.74, 6) is 1.12. The van der Waals surface area contributed by atoms with Gasteiger partial charge in [0, 0.05) is 13.1 Å². The van der Waals surface area contributed by atoms with Gasteiger partial charge in [0.25, 0.3) is 0 Å². The average molecular weight is 388 g/mol. The minimum Gasteiger partial charge on any atom is -0.493 e. The van der Waals surface area contributed by atoms with Gasteiger partial charge in [-0.1, -0.05) is 18.2 Å². The first-order chi connectivity index (χ1) is 13.4. The summed E-state index contributed by atoms with van der Waals surface area (Å²) in [7, 11) is 5.13. The number of carbonyl (C=O) groups is 1. The SMILES string of the molecule is COc1ccc(CCNC(=O)C(C)N(C)CCc2ccc(F)cc2)cc1OC. The average Bonchev–Trinajstić information content (AvgIpc) is 2.72. The normalized spacial score (nSPS) is 11.9. The van der Waals surface area contributed by atoms with E-state index in [-0.39, 0.29) is 17.8 Å². The van der Waals surface area contributed by atoms with E-state index in [1.54, 1.807) is 26.4 Å². The van der Waals surface area contributed by atoms with Crippen molar-refractivity contribution >= 4 is 5.91 Å². The fourth-order valence-corrected chi connectivity index (χ4v) is 2.86. The molecule has 2 aromatic carbocycles. The van der Waals surface area contributed by atoms with E-state index < -0.39 is 0 Å². The summed E-state index contributed by atoms with van der Waals surface area (Å²) in [5.41, 5.74) is 2.12. The molecule has 0 saturated carbocycles. The highest BCUT2D eigenvalue weighted by molar-refractivity contribution is 5.81. The van der Waals surface area contributed by atoms with E-state index in [0.717, 1.165) is 24.1 Å². The Morgan fingerprint density at radius 1 is 1.04 bits per heavy atom. The van der Waals surface area contributed by atoms with E-state index in [4.69, 9.17) is 9.47 Å². The molecule has 0 spiro atoms. The maximum Gasteiger partial charge on any atom is 0.237 e. The number of hydrogen-bond donors (Lipinski definition) is 1. The monoisotopic (exact) mass is 388 g/mol. The molecule has 0 aromatic heterocycles. The molecular weight excluding hydrogens is 359 g/mol. The van der Waals surface area contributed by atoms with E-state index in [9.17, 15) is 9.18 Å². The maximum atomic E-state index is 13.0. The highest BCUT2D eigenvalue weighted by atomic mass is 19.1. The van der Waals surface area contributed by atoms with Crippen LogP contribution in [-0.2, 0) is 17.6 Å². The Morgan fingerprint density at radius 3 is 2.32 bits per heavy atom. The molecular formula is C22H29FN2O3. The third kappa shape index (κ3) is 6.23. The number of methoxy groups -OCH3 is 2. The number of rotatable bonds is 10. The molecule has 0 fully saturated rings. The van der Waals surface area contributed by atoms with E-state index in [1.165, 1.54) is 12.1 Å². The number of nitrogens with zero attached hydrogens (tertiary/aromatic N) is 1. The first-order valence-electron chi connectivity index (χ1n) is 9.38. The van der Waals surface area contributed by atoms with Gasteiger partial charge in [-0.15, -0.1) is 0 Å². The van der Waals surface area contributed by atoms with Crippen LogP contribution < -0.4 is 14.8 Å². The Hall–Kier alpha value is -2.60. The van der Waals surface area contributed by atoms with Gasteiger partial charge >= 0.3 is 0 Å². The number of benzene rings is 2. The zero-order chi connectivity index (χ0) is 20.5. The molecule has 6 heteroatoms. The largest absolute Gasteiger partial charge is 0.493 e. The Kier molecular flexibility index (Phi) is 8.26. The minimum atomic E-state index is -0.245. The Balaban J connectivity index is 1.77. The fourth-order valence-electron chi connectivity index (χ4n) is 2.86. The van der Waals surface area contributed by atoms with Crippen molar-refractivity contribution < 1.29 is 18.7 Å². The van der Waals surface area contributed by atoms with Gasteiger partial charge in [-0.2, -0.15) is 0 Å². The van der Waals surface area contributed by atoms with Crippen molar-refractivity contribution in [3.8, 4) is 11.5 Å². The second kappa shape index (κ2) is 10.7. The summed E-state index contributed by atoms with van der Waals surface area (Å²) in [5, 5.41) is 2.98. The van der Waals surface area contributed by atoms with Crippen LogP contribution in [0.1, 0.15) is 18.1 Å². The smallest absolute Gasteiger partial charge is 0.237 e. The summed E-state index contributed by atoms with van der Waals surface area (Å²) >= 11 is 0. The summed E-state index contributed by atoms with van der Waals surface area (Å²) in [4.78, 5) is 14.4. The van der Waals surface area contributed by atoms with E-state index in [0.29, 0.717) is 24.5 Å². The summed E-state index contributed by atoms with van der Waals surface area (Å²) in [6.07, 6.45) is 1.47. The molecule has 1 atom stereocenters. The van der Waals surface area contributed by atoms with Crippen LogP contribution >= 0.6 is 0 Å². The molecule has 28 heavy (non-hydrogen) atoms. The Labute approximate surface area is 166 Å². The van der Waals surface area contributed by atoms with Crippen molar-refractivity contribution in [1.82, 2.24) is 10.2 Å². The van der Waals surface area contributed by atoms with Gasteiger partial charge in [0.05, 0.1) is 20.3 Å². The van der Waals surface area contributed by atoms with Crippen LogP contribution in [0.3, 0.4) is 0 Å². The predicted molar refractivity (Wildman–Crippen MR) is 108 cm³/mol. The van der Waals surface area contributed by atoms with Gasteiger partial charge in [0.1, 0.15) is 5.82 Å². The van der Waals surface area contributed by atoms with Crippen LogP contribution in [0.5, 0.6) is 11.5 Å². The molecule has 2 aromatic rings. The first kappa shape index (κ1) is 21.7. The molecule has 0 bridgehead atoms. The molecule has 5 nitrogen and oxygen atoms in total. The number of halogens is 1. The third-order valence-electron chi connectivity index (χ3n) is 4.87. The highest BCUT2D eigenvalue weighted by Crippen LogP contribution is 2.27. The molecule has 0 aliphatic heterocycles. The van der Waals surface area contributed by atoms with E-state index >= 15 is 0 Å². The highest BCUT2D eigenvalue weighted by Gasteiger charge is 2.17. The van der Waals surface area contributed by atoms with Crippen LogP contribution in [0.15, 0.2) is 42.5 Å². The van der Waals surface area contributed by atoms with Crippen molar-refractivity contribution in [3.63, 3.8) is 0 Å². The molecule has 152 valence electrons. The van der Waals surface area contributed by atoms with Gasteiger partial charge in [-0.25, -0.2) is 4.39 Å². The standard InChI is InChI=1S/C22H29FN2O3/c1-16(25(2)14-12-17-5-8-19(23)9-6-17)22(26)24-13-11-18-7-10-20(27-3)21(15-18)28-4/h5-10,15-16H,11-14H2,1-4H3,(H,24,26). The molecule has 0 radical (unpaired) electrons. The van der Waals surface area contributed by atoms with Gasteiger partial charge in [-0.05, 0) is 62.2 Å². The Bertz CT molecular complexity index is 765. The van der Waals surface area contributed by atoms with Crippen molar-refractivity contribution in [2.75, 3.05) is 34.4 Å². The lowest BCUT2D eigenvalue weighted by molar-refractivity contribution is -0.125. The molecule has 2 rings (SSSR count). The maximum absolute atomic E-state index is 13.0. The van der Waals surface area contributed by atoms with Gasteiger partial charge in [0.2, 0.25) is 5.91 Å². The molecule has 1 amide bonds. The number of carbonyl (C=O) groups excluding carboxylic acids is 1. The lowest BCUT2D eigenvalue weighted by Crippen LogP contribution is -2.44. The second-order valence-corrected chi connectivity index (χ2v) is 6.76. The lowest BCUT2D eigenvalue weighted by atomic mass is 10.1. The molecule has 1 unspecified atom stereocenters. The number of amides is 1. The molecule has 0 heterocycles. The van der Waals surface area contributed by atoms with Crippen molar-refractivity contribution in [1.29, 1.82) is 0 Å². The lowest BCUT2D eigenvalue weighted by Gasteiger charge is -2.24. The molecule has 0 saturated heterocycles. The van der Waals surface area contributed by atoms with Crippen LogP contribution in [0, 0.1) is 5.82 Å². The quantitative estimate of drug-likeness (QED) is 0.680. The van der Waals surface area contributed by atoms with E-state index in [2.05, 4.69) is 5.32 Å². The van der Waals surface area contributed by atoms with Crippen LogP contribution in [0.4, 0.5) is 4.39 Å².